The van der Waals surface area contributed by atoms with Gasteiger partial charge in [-0.2, -0.15) is 0 Å². The summed E-state index contributed by atoms with van der Waals surface area (Å²) in [5.41, 5.74) is 0. The van der Waals surface area contributed by atoms with Crippen LogP contribution < -0.4 is 0 Å². The molecule has 0 spiro atoms. The number of hydrogen-bond acceptors (Lipinski definition) is 2. The molecule has 0 aromatic heterocycles. The van der Waals surface area contributed by atoms with Gasteiger partial charge in [0.2, 0.25) is 0 Å². The molecule has 1 aliphatic heterocycles. The van der Waals surface area contributed by atoms with E-state index in [1.54, 1.807) is 0 Å². The van der Waals surface area contributed by atoms with Gasteiger partial charge >= 0.3 is 5.97 Å². The number of carbonyl (C=O) groups excluding carboxylic acids is 1. The van der Waals surface area contributed by atoms with Crippen molar-refractivity contribution < 1.29 is 9.53 Å². The first kappa shape index (κ1) is 10.6. The lowest BCUT2D eigenvalue weighted by Gasteiger charge is -2.04. The van der Waals surface area contributed by atoms with Crippen molar-refractivity contribution in [3.05, 3.63) is 0 Å². The molecule has 0 saturated carbocycles. The molecule has 0 bridgehead atoms. The molecule has 2 heteroatoms. The highest BCUT2D eigenvalue weighted by Crippen LogP contribution is 2.20. The molecule has 1 atom stereocenters. The summed E-state index contributed by atoms with van der Waals surface area (Å²) in [5, 5.41) is 0. The van der Waals surface area contributed by atoms with Crippen LogP contribution in [-0.2, 0) is 9.53 Å². The van der Waals surface area contributed by atoms with Crippen molar-refractivity contribution in [1.82, 2.24) is 0 Å². The minimum atomic E-state index is -0.00134. The minimum Gasteiger partial charge on any atom is -0.465 e. The van der Waals surface area contributed by atoms with Crippen LogP contribution in [0.3, 0.4) is 0 Å². The molecule has 0 aromatic rings. The summed E-state index contributed by atoms with van der Waals surface area (Å²) in [4.78, 5) is 10.8. The van der Waals surface area contributed by atoms with Crippen LogP contribution in [0.5, 0.6) is 0 Å². The summed E-state index contributed by atoms with van der Waals surface area (Å²) < 4.78 is 4.90. The van der Waals surface area contributed by atoms with Crippen LogP contribution in [0.25, 0.3) is 0 Å². The second-order valence-corrected chi connectivity index (χ2v) is 3.96. The monoisotopic (exact) mass is 184 g/mol. The molecule has 0 aliphatic carbocycles. The van der Waals surface area contributed by atoms with Gasteiger partial charge in [0.1, 0.15) is 0 Å². The maximum Gasteiger partial charge on any atom is 0.306 e. The number of esters is 1. The smallest absolute Gasteiger partial charge is 0.306 e. The average molecular weight is 184 g/mol. The lowest BCUT2D eigenvalue weighted by atomic mass is 10.00. The second-order valence-electron chi connectivity index (χ2n) is 3.96. The van der Waals surface area contributed by atoms with Gasteiger partial charge in [-0.1, -0.05) is 39.0 Å². The lowest BCUT2D eigenvalue weighted by molar-refractivity contribution is -0.137. The van der Waals surface area contributed by atoms with Crippen molar-refractivity contribution in [2.45, 2.75) is 51.9 Å². The van der Waals surface area contributed by atoms with Crippen molar-refractivity contribution in [2.24, 2.45) is 5.92 Å². The number of hydrogen-bond donors (Lipinski definition) is 0. The fourth-order valence-corrected chi connectivity index (χ4v) is 1.79. The van der Waals surface area contributed by atoms with E-state index in [0.717, 1.165) is 0 Å². The van der Waals surface area contributed by atoms with Crippen LogP contribution >= 0.6 is 0 Å². The van der Waals surface area contributed by atoms with E-state index in [-0.39, 0.29) is 5.97 Å². The Balaban J connectivity index is 1.91. The summed E-state index contributed by atoms with van der Waals surface area (Å²) in [7, 11) is 0. The van der Waals surface area contributed by atoms with Crippen LogP contribution in [0.2, 0.25) is 0 Å². The molecular formula is C11H20O2. The number of unbranched alkanes of at least 4 members (excludes halogenated alkanes) is 4. The Morgan fingerprint density at radius 3 is 2.69 bits per heavy atom. The predicted molar refractivity (Wildman–Crippen MR) is 52.4 cm³/mol. The molecule has 0 N–H and O–H groups in total. The Morgan fingerprint density at radius 2 is 2.08 bits per heavy atom. The fourth-order valence-electron chi connectivity index (χ4n) is 1.79. The van der Waals surface area contributed by atoms with Crippen LogP contribution in [0.4, 0.5) is 0 Å². The zero-order valence-corrected chi connectivity index (χ0v) is 8.55. The van der Waals surface area contributed by atoms with Gasteiger partial charge < -0.3 is 4.74 Å². The third-order valence-corrected chi connectivity index (χ3v) is 2.65. The number of ether oxygens (including phenoxy) is 1. The molecule has 13 heavy (non-hydrogen) atoms. The zero-order chi connectivity index (χ0) is 9.52. The van der Waals surface area contributed by atoms with Crippen LogP contribution in [0.15, 0.2) is 0 Å². The van der Waals surface area contributed by atoms with E-state index in [9.17, 15) is 4.79 Å². The molecular weight excluding hydrogens is 164 g/mol. The van der Waals surface area contributed by atoms with Gasteiger partial charge in [0, 0.05) is 5.92 Å². The van der Waals surface area contributed by atoms with Crippen molar-refractivity contribution in [3.63, 3.8) is 0 Å². The molecule has 1 unspecified atom stereocenters. The highest BCUT2D eigenvalue weighted by molar-refractivity contribution is 5.71. The van der Waals surface area contributed by atoms with Gasteiger partial charge in [-0.25, -0.2) is 0 Å². The SMILES string of the molecule is CCCCCCCC1COC(=O)C1. The lowest BCUT2D eigenvalue weighted by Crippen LogP contribution is -1.98. The molecule has 1 aliphatic rings. The zero-order valence-electron chi connectivity index (χ0n) is 8.55. The second kappa shape index (κ2) is 6.01. The number of carbonyl (C=O) groups is 1. The Labute approximate surface area is 80.7 Å². The molecule has 0 aromatic carbocycles. The van der Waals surface area contributed by atoms with E-state index in [1.165, 1.54) is 38.5 Å². The van der Waals surface area contributed by atoms with E-state index in [1.807, 2.05) is 0 Å². The van der Waals surface area contributed by atoms with E-state index >= 15 is 0 Å². The largest absolute Gasteiger partial charge is 0.465 e. The van der Waals surface area contributed by atoms with Gasteiger partial charge in [-0.3, -0.25) is 4.79 Å². The van der Waals surface area contributed by atoms with Gasteiger partial charge in [-0.15, -0.1) is 0 Å². The Kier molecular flexibility index (Phi) is 4.87. The van der Waals surface area contributed by atoms with Gasteiger partial charge in [0.05, 0.1) is 13.0 Å². The average Bonchev–Trinajstić information content (AvgIpc) is 2.51. The molecule has 76 valence electrons. The molecule has 1 rings (SSSR count). The molecule has 2 nitrogen and oxygen atoms in total. The molecule has 0 amide bonds. The molecule has 0 radical (unpaired) electrons. The van der Waals surface area contributed by atoms with Crippen molar-refractivity contribution in [3.8, 4) is 0 Å². The Bertz CT molecular complexity index is 154. The summed E-state index contributed by atoms with van der Waals surface area (Å²) in [6.07, 6.45) is 8.41. The van der Waals surface area contributed by atoms with Crippen LogP contribution in [-0.4, -0.2) is 12.6 Å². The predicted octanol–water partition coefficient (Wildman–Crippen LogP) is 2.91. The van der Waals surface area contributed by atoms with Gasteiger partial charge in [0.15, 0.2) is 0 Å². The normalized spacial score (nSPS) is 21.9. The standard InChI is InChI=1S/C11H20O2/c1-2-3-4-5-6-7-10-8-11(12)13-9-10/h10H,2-9H2,1H3. The van der Waals surface area contributed by atoms with E-state index < -0.39 is 0 Å². The first-order chi connectivity index (χ1) is 6.33. The first-order valence-electron chi connectivity index (χ1n) is 5.48. The van der Waals surface area contributed by atoms with Crippen molar-refractivity contribution in [1.29, 1.82) is 0 Å². The van der Waals surface area contributed by atoms with Crippen LogP contribution in [0, 0.1) is 5.92 Å². The summed E-state index contributed by atoms with van der Waals surface area (Å²) in [6, 6.07) is 0. The minimum absolute atomic E-state index is 0.00134. The van der Waals surface area contributed by atoms with Crippen molar-refractivity contribution >= 4 is 5.97 Å². The Hall–Kier alpha value is -0.530. The topological polar surface area (TPSA) is 26.3 Å². The van der Waals surface area contributed by atoms with Gasteiger partial charge in [0.25, 0.3) is 0 Å². The third kappa shape index (κ3) is 4.30. The van der Waals surface area contributed by atoms with Gasteiger partial charge in [-0.05, 0) is 6.42 Å². The van der Waals surface area contributed by atoms with E-state index in [0.29, 0.717) is 18.9 Å². The van der Waals surface area contributed by atoms with Crippen LogP contribution in [0.1, 0.15) is 51.9 Å². The number of rotatable bonds is 6. The summed E-state index contributed by atoms with van der Waals surface area (Å²) in [6.45, 7) is 2.90. The maximum absolute atomic E-state index is 10.8. The highest BCUT2D eigenvalue weighted by Gasteiger charge is 2.22. The first-order valence-corrected chi connectivity index (χ1v) is 5.48. The number of cyclic esters (lactones) is 1. The van der Waals surface area contributed by atoms with E-state index in [4.69, 9.17) is 4.74 Å². The van der Waals surface area contributed by atoms with Crippen molar-refractivity contribution in [2.75, 3.05) is 6.61 Å². The molecule has 1 fully saturated rings. The molecule has 1 heterocycles. The fraction of sp³-hybridized carbons (Fsp3) is 0.909. The van der Waals surface area contributed by atoms with E-state index in [2.05, 4.69) is 6.92 Å². The maximum atomic E-state index is 10.8. The quantitative estimate of drug-likeness (QED) is 0.468. The summed E-state index contributed by atoms with van der Waals surface area (Å²) in [5.74, 6) is 0.521. The molecule has 1 saturated heterocycles. The highest BCUT2D eigenvalue weighted by atomic mass is 16.5. The third-order valence-electron chi connectivity index (χ3n) is 2.65. The Morgan fingerprint density at radius 1 is 1.31 bits per heavy atom. The summed E-state index contributed by atoms with van der Waals surface area (Å²) >= 11 is 0.